The summed E-state index contributed by atoms with van der Waals surface area (Å²) in [5, 5.41) is 0. The number of rotatable bonds is 6. The Morgan fingerprint density at radius 2 is 1.74 bits per heavy atom. The molecule has 2 aliphatic heterocycles. The van der Waals surface area contributed by atoms with Crippen molar-refractivity contribution in [3.8, 4) is 0 Å². The summed E-state index contributed by atoms with van der Waals surface area (Å²) in [6.45, 7) is 2.37. The fourth-order valence-electron chi connectivity index (χ4n) is 10.2. The molecule has 7 nitrogen and oxygen atoms in total. The van der Waals surface area contributed by atoms with Crippen LogP contribution in [0.5, 0.6) is 0 Å². The van der Waals surface area contributed by atoms with Crippen LogP contribution in [0, 0.1) is 23.2 Å². The Kier molecular flexibility index (Phi) is 6.46. The van der Waals surface area contributed by atoms with Crippen LogP contribution in [0.1, 0.15) is 95.7 Å². The summed E-state index contributed by atoms with van der Waals surface area (Å²) < 4.78 is 13.4. The molecule has 0 amide bonds. The third-order valence-corrected chi connectivity index (χ3v) is 11.9. The van der Waals surface area contributed by atoms with Crippen molar-refractivity contribution in [1.29, 1.82) is 0 Å². The van der Waals surface area contributed by atoms with Crippen molar-refractivity contribution in [3.63, 3.8) is 0 Å². The molecule has 5 fully saturated rings. The lowest BCUT2D eigenvalue weighted by molar-refractivity contribution is -0.0774. The Morgan fingerprint density at radius 3 is 2.49 bits per heavy atom. The first-order valence-electron chi connectivity index (χ1n) is 15.3. The highest BCUT2D eigenvalue weighted by Crippen LogP contribution is 2.69. The van der Waals surface area contributed by atoms with Crippen LogP contribution >= 0.6 is 7.60 Å². The van der Waals surface area contributed by atoms with Crippen molar-refractivity contribution >= 4 is 24.7 Å². The van der Waals surface area contributed by atoms with Gasteiger partial charge in [-0.2, -0.15) is 0 Å². The van der Waals surface area contributed by atoms with E-state index in [4.69, 9.17) is 0 Å². The molecule has 3 aliphatic carbocycles. The molecule has 210 valence electrons. The zero-order valence-electron chi connectivity index (χ0n) is 23.0. The Bertz CT molecular complexity index is 1390. The molecule has 5 aliphatic rings. The fourth-order valence-corrected chi connectivity index (χ4v) is 10.6. The van der Waals surface area contributed by atoms with E-state index in [1.165, 1.54) is 70.3 Å². The standard InChI is InChI=1S/C31H42N3O4P/c1-2-11-31-19-20-13-21(31)15-22(31)16-25(14-20)33-23-6-5-7-24(33)18-26(17-23)34-29-9-4-3-8-27(29)32-28(30(34)35)10-12-39(36,37)38/h3-4,8-10,12,20-26H,2,5-7,11,13-19H2,1H3,(H2,36,37,38)/b12-10+. The van der Waals surface area contributed by atoms with E-state index in [1.54, 1.807) is 0 Å². The van der Waals surface area contributed by atoms with Crippen molar-refractivity contribution in [1.82, 2.24) is 14.5 Å². The van der Waals surface area contributed by atoms with Crippen molar-refractivity contribution in [2.45, 2.75) is 108 Å². The van der Waals surface area contributed by atoms with Gasteiger partial charge in [0.2, 0.25) is 0 Å². The van der Waals surface area contributed by atoms with Gasteiger partial charge in [-0.3, -0.25) is 14.3 Å². The SMILES string of the molecule is CCCC12CC3CC(N4C5CCCC4CC(n4c(=O)c(/C=C/P(=O)(O)O)nc6ccccc64)C5)CC1CC2C3. The summed E-state index contributed by atoms with van der Waals surface area (Å²) in [5.74, 6) is 3.60. The molecule has 3 heterocycles. The molecule has 2 aromatic rings. The third-order valence-electron chi connectivity index (χ3n) is 11.4. The van der Waals surface area contributed by atoms with E-state index in [0.29, 0.717) is 29.1 Å². The molecular formula is C31H42N3O4P. The van der Waals surface area contributed by atoms with Gasteiger partial charge in [-0.05, 0) is 106 Å². The largest absolute Gasteiger partial charge is 0.349 e. The minimum atomic E-state index is -4.39. The molecule has 2 N–H and O–H groups in total. The lowest BCUT2D eigenvalue weighted by Crippen LogP contribution is -2.58. The maximum atomic E-state index is 13.8. The average molecular weight is 552 g/mol. The van der Waals surface area contributed by atoms with Gasteiger partial charge in [0.15, 0.2) is 0 Å². The smallest absolute Gasteiger partial charge is 0.321 e. The van der Waals surface area contributed by atoms with Gasteiger partial charge in [0, 0.05) is 30.0 Å². The van der Waals surface area contributed by atoms with E-state index in [0.717, 1.165) is 41.9 Å². The number of nitrogens with zero attached hydrogens (tertiary/aromatic N) is 3. The van der Waals surface area contributed by atoms with Crippen molar-refractivity contribution in [2.24, 2.45) is 23.2 Å². The van der Waals surface area contributed by atoms with Gasteiger partial charge >= 0.3 is 7.60 Å². The fraction of sp³-hybridized carbons (Fsp3) is 0.677. The van der Waals surface area contributed by atoms with Gasteiger partial charge in [-0.15, -0.1) is 0 Å². The Labute approximate surface area is 230 Å². The second kappa shape index (κ2) is 9.65. The van der Waals surface area contributed by atoms with Crippen molar-refractivity contribution in [2.75, 3.05) is 0 Å². The highest BCUT2D eigenvalue weighted by molar-refractivity contribution is 7.55. The summed E-state index contributed by atoms with van der Waals surface area (Å²) >= 11 is 0. The Morgan fingerprint density at radius 1 is 1.00 bits per heavy atom. The predicted molar refractivity (Wildman–Crippen MR) is 153 cm³/mol. The number of hydrogen-bond donors (Lipinski definition) is 2. The molecular weight excluding hydrogens is 509 g/mol. The molecule has 7 atom stereocenters. The maximum Gasteiger partial charge on any atom is 0.349 e. The quantitative estimate of drug-likeness (QED) is 0.422. The van der Waals surface area contributed by atoms with E-state index >= 15 is 0 Å². The first-order valence-corrected chi connectivity index (χ1v) is 17.0. The molecule has 0 spiro atoms. The topological polar surface area (TPSA) is 95.7 Å². The van der Waals surface area contributed by atoms with Crippen LogP contribution in [0.3, 0.4) is 0 Å². The van der Waals surface area contributed by atoms with Crippen LogP contribution in [0.15, 0.2) is 34.9 Å². The highest BCUT2D eigenvalue weighted by Gasteiger charge is 2.61. The Hall–Kier alpha value is -1.79. The maximum absolute atomic E-state index is 13.8. The molecule has 1 aromatic heterocycles. The van der Waals surface area contributed by atoms with Gasteiger partial charge in [0.1, 0.15) is 5.69 Å². The van der Waals surface area contributed by atoms with E-state index in [9.17, 15) is 19.1 Å². The first kappa shape index (κ1) is 26.1. The number of aromatic nitrogens is 2. The highest BCUT2D eigenvalue weighted by atomic mass is 31.2. The zero-order valence-corrected chi connectivity index (χ0v) is 23.9. The summed E-state index contributed by atoms with van der Waals surface area (Å²) in [7, 11) is -4.39. The van der Waals surface area contributed by atoms with E-state index in [1.807, 2.05) is 28.8 Å². The molecule has 2 saturated heterocycles. The number of para-hydroxylation sites is 2. The lowest BCUT2D eigenvalue weighted by atomic mass is 9.51. The second-order valence-electron chi connectivity index (χ2n) is 13.4. The molecule has 7 rings (SSSR count). The van der Waals surface area contributed by atoms with E-state index in [-0.39, 0.29) is 17.3 Å². The Balaban J connectivity index is 1.20. The molecule has 1 aromatic carbocycles. The van der Waals surface area contributed by atoms with Gasteiger partial charge in [0.25, 0.3) is 5.56 Å². The summed E-state index contributed by atoms with van der Waals surface area (Å²) in [6, 6.07) is 9.43. The number of hydrogen-bond acceptors (Lipinski definition) is 4. The van der Waals surface area contributed by atoms with Gasteiger partial charge in [-0.1, -0.05) is 31.9 Å². The van der Waals surface area contributed by atoms with Gasteiger partial charge in [0.05, 0.1) is 11.0 Å². The van der Waals surface area contributed by atoms with Crippen LogP contribution in [-0.2, 0) is 4.57 Å². The monoisotopic (exact) mass is 551 g/mol. The van der Waals surface area contributed by atoms with Crippen LogP contribution in [0.2, 0.25) is 0 Å². The van der Waals surface area contributed by atoms with Crippen molar-refractivity contribution < 1.29 is 14.4 Å². The van der Waals surface area contributed by atoms with Crippen LogP contribution in [0.25, 0.3) is 17.1 Å². The third kappa shape index (κ3) is 4.39. The minimum absolute atomic E-state index is 0.0703. The summed E-state index contributed by atoms with van der Waals surface area (Å²) in [6.07, 6.45) is 16.7. The van der Waals surface area contributed by atoms with Crippen LogP contribution < -0.4 is 5.56 Å². The first-order chi connectivity index (χ1) is 18.8. The molecule has 7 unspecified atom stereocenters. The lowest BCUT2D eigenvalue weighted by Gasteiger charge is -2.57. The van der Waals surface area contributed by atoms with Gasteiger partial charge < -0.3 is 14.4 Å². The normalized spacial score (nSPS) is 38.2. The molecule has 0 radical (unpaired) electrons. The molecule has 4 bridgehead atoms. The predicted octanol–water partition coefficient (Wildman–Crippen LogP) is 6.10. The van der Waals surface area contributed by atoms with Gasteiger partial charge in [-0.25, -0.2) is 4.98 Å². The molecule has 3 saturated carbocycles. The zero-order chi connectivity index (χ0) is 26.9. The number of benzene rings is 1. The van der Waals surface area contributed by atoms with Crippen LogP contribution in [-0.4, -0.2) is 42.4 Å². The number of fused-ring (bicyclic) bond motifs is 4. The van der Waals surface area contributed by atoms with Crippen LogP contribution in [0.4, 0.5) is 0 Å². The van der Waals surface area contributed by atoms with E-state index in [2.05, 4.69) is 16.8 Å². The summed E-state index contributed by atoms with van der Waals surface area (Å²) in [5.41, 5.74) is 2.02. The summed E-state index contributed by atoms with van der Waals surface area (Å²) in [4.78, 5) is 39.9. The average Bonchev–Trinajstić information content (AvgIpc) is 3.07. The molecule has 39 heavy (non-hydrogen) atoms. The van der Waals surface area contributed by atoms with Crippen molar-refractivity contribution in [3.05, 3.63) is 46.1 Å². The number of piperidine rings is 2. The molecule has 8 heteroatoms. The minimum Gasteiger partial charge on any atom is -0.321 e. The van der Waals surface area contributed by atoms with E-state index < -0.39 is 7.60 Å². The second-order valence-corrected chi connectivity index (χ2v) is 14.9.